The first kappa shape index (κ1) is 10.3. The predicted molar refractivity (Wildman–Crippen MR) is 60.3 cm³/mol. The Morgan fingerprint density at radius 2 is 1.75 bits per heavy atom. The first-order chi connectivity index (χ1) is 7.61. The summed E-state index contributed by atoms with van der Waals surface area (Å²) in [6, 6.07) is 6.74. The second-order valence-corrected chi connectivity index (χ2v) is 3.54. The highest BCUT2D eigenvalue weighted by atomic mass is 16.2. The highest BCUT2D eigenvalue weighted by Crippen LogP contribution is 2.20. The van der Waals surface area contributed by atoms with Crippen LogP contribution >= 0.6 is 0 Å². The van der Waals surface area contributed by atoms with E-state index in [1.54, 1.807) is 25.1 Å². The van der Waals surface area contributed by atoms with E-state index in [1.807, 2.05) is 6.07 Å². The lowest BCUT2D eigenvalue weighted by molar-refractivity contribution is 0.599. The number of nitrogens with two attached hydrogens (primary N) is 1. The van der Waals surface area contributed by atoms with E-state index in [2.05, 4.69) is 10.2 Å². The van der Waals surface area contributed by atoms with E-state index >= 15 is 0 Å². The lowest BCUT2D eigenvalue weighted by atomic mass is 10.1. The summed E-state index contributed by atoms with van der Waals surface area (Å²) in [5.41, 5.74) is 6.15. The maximum atomic E-state index is 11.4. The summed E-state index contributed by atoms with van der Waals surface area (Å²) in [6.45, 7) is 1.75. The molecule has 0 radical (unpaired) electrons. The Morgan fingerprint density at radius 3 is 2.31 bits per heavy atom. The molecule has 0 saturated carbocycles. The number of rotatable bonds is 2. The quantitative estimate of drug-likeness (QED) is 0.624. The Kier molecular flexibility index (Phi) is 2.40. The van der Waals surface area contributed by atoms with Gasteiger partial charge in [0.15, 0.2) is 0 Å². The third kappa shape index (κ3) is 1.54. The number of H-pyrrole nitrogens is 2. The molecular formula is C10H12N4O2. The molecule has 0 fully saturated rings. The highest BCUT2D eigenvalue weighted by Gasteiger charge is 2.15. The van der Waals surface area contributed by atoms with Crippen molar-refractivity contribution in [2.75, 3.05) is 5.73 Å². The molecule has 0 aliphatic rings. The van der Waals surface area contributed by atoms with Gasteiger partial charge in [-0.2, -0.15) is 0 Å². The zero-order valence-electron chi connectivity index (χ0n) is 8.73. The molecule has 84 valence electrons. The maximum Gasteiger partial charge on any atom is 0.344 e. The number of nitrogens with zero attached hydrogens (tertiary/aromatic N) is 1. The van der Waals surface area contributed by atoms with Crippen molar-refractivity contribution in [1.29, 1.82) is 0 Å². The average molecular weight is 220 g/mol. The molecule has 1 atom stereocenters. The normalized spacial score (nSPS) is 12.6. The summed E-state index contributed by atoms with van der Waals surface area (Å²) in [5.74, 6) is 0. The summed E-state index contributed by atoms with van der Waals surface area (Å²) in [4.78, 5) is 22.8. The van der Waals surface area contributed by atoms with E-state index in [0.29, 0.717) is 5.69 Å². The van der Waals surface area contributed by atoms with E-state index < -0.39 is 17.4 Å². The van der Waals surface area contributed by atoms with Crippen molar-refractivity contribution in [2.45, 2.75) is 13.0 Å². The molecule has 0 aliphatic carbocycles. The molecule has 4 N–H and O–H groups in total. The molecular weight excluding hydrogens is 208 g/mol. The smallest absolute Gasteiger partial charge is 0.344 e. The topological polar surface area (TPSA) is 96.7 Å². The van der Waals surface area contributed by atoms with Crippen molar-refractivity contribution >= 4 is 5.69 Å². The number of aromatic amines is 2. The van der Waals surface area contributed by atoms with Crippen LogP contribution < -0.4 is 17.1 Å². The summed E-state index contributed by atoms with van der Waals surface area (Å²) in [5, 5.41) is 4.47. The van der Waals surface area contributed by atoms with Crippen LogP contribution in [0.1, 0.15) is 18.5 Å². The SMILES string of the molecule is CC(c1ccccc1N)n1c(=O)[nH][nH]c1=O. The number of hydrogen-bond donors (Lipinski definition) is 3. The summed E-state index contributed by atoms with van der Waals surface area (Å²) < 4.78 is 1.09. The molecule has 0 bridgehead atoms. The van der Waals surface area contributed by atoms with Gasteiger partial charge in [0.05, 0.1) is 6.04 Å². The molecule has 1 aromatic heterocycles. The van der Waals surface area contributed by atoms with Gasteiger partial charge in [0.1, 0.15) is 0 Å². The second kappa shape index (κ2) is 3.73. The molecule has 6 heteroatoms. The third-order valence-electron chi connectivity index (χ3n) is 2.55. The van der Waals surface area contributed by atoms with E-state index in [-0.39, 0.29) is 0 Å². The number of nitrogens with one attached hydrogen (secondary N) is 2. The minimum absolute atomic E-state index is 0.399. The summed E-state index contributed by atoms with van der Waals surface area (Å²) in [6.07, 6.45) is 0. The van der Waals surface area contributed by atoms with Gasteiger partial charge in [-0.05, 0) is 18.6 Å². The molecule has 6 nitrogen and oxygen atoms in total. The predicted octanol–water partition coefficient (Wildman–Crippen LogP) is 0.0562. The number of benzene rings is 1. The van der Waals surface area contributed by atoms with Crippen LogP contribution in [-0.2, 0) is 0 Å². The van der Waals surface area contributed by atoms with Gasteiger partial charge in [-0.15, -0.1) is 0 Å². The van der Waals surface area contributed by atoms with E-state index in [1.165, 1.54) is 0 Å². The van der Waals surface area contributed by atoms with E-state index in [4.69, 9.17) is 5.73 Å². The first-order valence-corrected chi connectivity index (χ1v) is 4.85. The number of para-hydroxylation sites is 1. The van der Waals surface area contributed by atoms with Gasteiger partial charge in [0.25, 0.3) is 0 Å². The molecule has 0 spiro atoms. The molecule has 1 aromatic carbocycles. The molecule has 2 rings (SSSR count). The number of hydrogen-bond acceptors (Lipinski definition) is 3. The minimum atomic E-state index is -0.472. The van der Waals surface area contributed by atoms with Crippen molar-refractivity contribution < 1.29 is 0 Å². The van der Waals surface area contributed by atoms with Crippen molar-refractivity contribution in [2.24, 2.45) is 0 Å². The van der Waals surface area contributed by atoms with Crippen molar-refractivity contribution in [3.05, 3.63) is 50.8 Å². The van der Waals surface area contributed by atoms with Crippen LogP contribution in [0.3, 0.4) is 0 Å². The zero-order chi connectivity index (χ0) is 11.7. The molecule has 2 aromatic rings. The fourth-order valence-electron chi connectivity index (χ4n) is 1.70. The van der Waals surface area contributed by atoms with E-state index in [9.17, 15) is 9.59 Å². The first-order valence-electron chi connectivity index (χ1n) is 4.85. The Hall–Kier alpha value is -2.24. The lowest BCUT2D eigenvalue weighted by Crippen LogP contribution is -2.30. The third-order valence-corrected chi connectivity index (χ3v) is 2.55. The van der Waals surface area contributed by atoms with Gasteiger partial charge in [0, 0.05) is 5.69 Å². The molecule has 0 aliphatic heterocycles. The molecule has 1 heterocycles. The van der Waals surface area contributed by atoms with Crippen LogP contribution in [0.4, 0.5) is 5.69 Å². The van der Waals surface area contributed by atoms with Crippen LogP contribution in [0, 0.1) is 0 Å². The largest absolute Gasteiger partial charge is 0.398 e. The van der Waals surface area contributed by atoms with Crippen LogP contribution in [0.5, 0.6) is 0 Å². The van der Waals surface area contributed by atoms with E-state index in [0.717, 1.165) is 10.1 Å². The van der Waals surface area contributed by atoms with Crippen LogP contribution in [-0.4, -0.2) is 14.8 Å². The Labute approximate surface area is 90.7 Å². The number of aromatic nitrogens is 3. The Balaban J connectivity index is 2.56. The van der Waals surface area contributed by atoms with Gasteiger partial charge >= 0.3 is 11.4 Å². The number of nitrogen functional groups attached to an aromatic ring is 1. The summed E-state index contributed by atoms with van der Waals surface area (Å²) in [7, 11) is 0. The monoisotopic (exact) mass is 220 g/mol. The fraction of sp³-hybridized carbons (Fsp3) is 0.200. The van der Waals surface area contributed by atoms with Gasteiger partial charge in [-0.25, -0.2) is 24.4 Å². The van der Waals surface area contributed by atoms with Crippen LogP contribution in [0.15, 0.2) is 33.9 Å². The number of anilines is 1. The Morgan fingerprint density at radius 1 is 1.19 bits per heavy atom. The van der Waals surface area contributed by atoms with Gasteiger partial charge in [0.2, 0.25) is 0 Å². The van der Waals surface area contributed by atoms with Crippen LogP contribution in [0.2, 0.25) is 0 Å². The van der Waals surface area contributed by atoms with Gasteiger partial charge in [-0.3, -0.25) is 0 Å². The molecule has 0 saturated heterocycles. The molecule has 16 heavy (non-hydrogen) atoms. The summed E-state index contributed by atoms with van der Waals surface area (Å²) >= 11 is 0. The highest BCUT2D eigenvalue weighted by molar-refractivity contribution is 5.48. The molecule has 1 unspecified atom stereocenters. The fourth-order valence-corrected chi connectivity index (χ4v) is 1.70. The van der Waals surface area contributed by atoms with Gasteiger partial charge in [-0.1, -0.05) is 18.2 Å². The average Bonchev–Trinajstić information content (AvgIpc) is 2.58. The van der Waals surface area contributed by atoms with Crippen LogP contribution in [0.25, 0.3) is 0 Å². The van der Waals surface area contributed by atoms with Crippen molar-refractivity contribution in [3.8, 4) is 0 Å². The maximum absolute atomic E-state index is 11.4. The van der Waals surface area contributed by atoms with Crippen molar-refractivity contribution in [3.63, 3.8) is 0 Å². The standard InChI is InChI=1S/C10H12N4O2/c1-6(7-4-2-3-5-8(7)11)14-9(15)12-13-10(14)16/h2-6H,11H2,1H3,(H,12,15)(H,13,16). The minimum Gasteiger partial charge on any atom is -0.398 e. The lowest BCUT2D eigenvalue weighted by Gasteiger charge is -2.13. The Bertz CT molecular complexity index is 580. The van der Waals surface area contributed by atoms with Gasteiger partial charge < -0.3 is 5.73 Å². The zero-order valence-corrected chi connectivity index (χ0v) is 8.73. The second-order valence-electron chi connectivity index (χ2n) is 3.54. The van der Waals surface area contributed by atoms with Crippen molar-refractivity contribution in [1.82, 2.24) is 14.8 Å². The molecule has 0 amide bonds.